The van der Waals surface area contributed by atoms with Crippen molar-refractivity contribution in [3.8, 4) is 5.69 Å². The van der Waals surface area contributed by atoms with Crippen molar-refractivity contribution >= 4 is 0 Å². The van der Waals surface area contributed by atoms with Crippen LogP contribution in [0.1, 0.15) is 42.1 Å². The lowest BCUT2D eigenvalue weighted by Crippen LogP contribution is -2.27. The van der Waals surface area contributed by atoms with E-state index in [0.29, 0.717) is 12.2 Å². The number of aliphatic hydroxyl groups is 1. The molecule has 0 bridgehead atoms. The number of aromatic nitrogens is 4. The average Bonchev–Trinajstić information content (AvgIpc) is 3.09. The fourth-order valence-electron chi connectivity index (χ4n) is 3.92. The first-order valence-corrected chi connectivity index (χ1v) is 9.75. The third-order valence-corrected chi connectivity index (χ3v) is 5.60. The summed E-state index contributed by atoms with van der Waals surface area (Å²) < 4.78 is 5.65. The molecule has 0 spiro atoms. The Hall–Kier alpha value is -2.64. The molecule has 1 atom stereocenters. The molecule has 1 aliphatic heterocycles. The number of para-hydroxylation sites is 1. The van der Waals surface area contributed by atoms with E-state index in [1.54, 1.807) is 11.6 Å². The van der Waals surface area contributed by atoms with Gasteiger partial charge in [0.1, 0.15) is 0 Å². The Balaban J connectivity index is 1.63. The molecule has 1 aromatic carbocycles. The summed E-state index contributed by atoms with van der Waals surface area (Å²) in [6.45, 7) is 6.81. The van der Waals surface area contributed by atoms with Crippen molar-refractivity contribution in [1.29, 1.82) is 0 Å². The van der Waals surface area contributed by atoms with Gasteiger partial charge < -0.3 is 5.11 Å². The lowest BCUT2D eigenvalue weighted by Gasteiger charge is -2.18. The van der Waals surface area contributed by atoms with Crippen molar-refractivity contribution < 1.29 is 5.11 Å². The van der Waals surface area contributed by atoms with Crippen LogP contribution in [0.2, 0.25) is 0 Å². The molecule has 0 fully saturated rings. The fourth-order valence-corrected chi connectivity index (χ4v) is 3.92. The summed E-state index contributed by atoms with van der Waals surface area (Å²) in [5, 5.41) is 14.3. The van der Waals surface area contributed by atoms with Crippen LogP contribution in [0.15, 0.2) is 41.2 Å². The smallest absolute Gasteiger partial charge is 0.276 e. The van der Waals surface area contributed by atoms with Gasteiger partial charge in [-0.3, -0.25) is 19.1 Å². The van der Waals surface area contributed by atoms with Crippen molar-refractivity contribution in [2.24, 2.45) is 7.05 Å². The van der Waals surface area contributed by atoms with Crippen molar-refractivity contribution in [2.75, 3.05) is 6.54 Å². The Morgan fingerprint density at radius 1 is 1.21 bits per heavy atom. The second-order valence-electron chi connectivity index (χ2n) is 7.56. The standard InChI is InChI=1S/C21H27N5O2/c1-15-19(21(28)26(23(15)3)17-8-5-4-6-9-17)14-24-10-7-11-25-18(13-24)12-20(22-25)16(2)27/h4-6,8-9,12,16,27H,7,10-11,13-14H2,1-3H3/t16-/m0/s1. The van der Waals surface area contributed by atoms with E-state index in [-0.39, 0.29) is 5.56 Å². The minimum atomic E-state index is -0.567. The normalized spacial score (nSPS) is 16.0. The first kappa shape index (κ1) is 18.7. The van der Waals surface area contributed by atoms with Crippen molar-refractivity contribution in [1.82, 2.24) is 24.0 Å². The number of rotatable bonds is 4. The van der Waals surface area contributed by atoms with Gasteiger partial charge in [-0.15, -0.1) is 0 Å². The van der Waals surface area contributed by atoms with Crippen LogP contribution in [0, 0.1) is 6.92 Å². The number of nitrogens with zero attached hydrogens (tertiary/aromatic N) is 5. The van der Waals surface area contributed by atoms with E-state index >= 15 is 0 Å². The molecule has 0 amide bonds. The summed E-state index contributed by atoms with van der Waals surface area (Å²) in [4.78, 5) is 15.5. The highest BCUT2D eigenvalue weighted by Gasteiger charge is 2.22. The van der Waals surface area contributed by atoms with Gasteiger partial charge in [-0.1, -0.05) is 18.2 Å². The zero-order chi connectivity index (χ0) is 19.8. The van der Waals surface area contributed by atoms with Crippen LogP contribution in [0.4, 0.5) is 0 Å². The quantitative estimate of drug-likeness (QED) is 0.752. The predicted molar refractivity (Wildman–Crippen MR) is 107 cm³/mol. The van der Waals surface area contributed by atoms with Gasteiger partial charge in [-0.2, -0.15) is 5.10 Å². The fraction of sp³-hybridized carbons (Fsp3) is 0.429. The number of aliphatic hydroxyl groups excluding tert-OH is 1. The van der Waals surface area contributed by atoms with Crippen molar-refractivity contribution in [2.45, 2.75) is 46.0 Å². The van der Waals surface area contributed by atoms with E-state index in [4.69, 9.17) is 0 Å². The van der Waals surface area contributed by atoms with Crippen LogP contribution in [-0.2, 0) is 26.7 Å². The molecule has 0 radical (unpaired) electrons. The zero-order valence-corrected chi connectivity index (χ0v) is 16.7. The molecule has 0 saturated carbocycles. The molecule has 1 aliphatic rings. The molecule has 148 valence electrons. The monoisotopic (exact) mass is 381 g/mol. The summed E-state index contributed by atoms with van der Waals surface area (Å²) in [5.41, 5.74) is 4.52. The molecule has 4 rings (SSSR count). The van der Waals surface area contributed by atoms with Crippen LogP contribution < -0.4 is 5.56 Å². The molecule has 28 heavy (non-hydrogen) atoms. The minimum absolute atomic E-state index is 0.0358. The van der Waals surface area contributed by atoms with Gasteiger partial charge >= 0.3 is 0 Å². The van der Waals surface area contributed by atoms with Crippen LogP contribution >= 0.6 is 0 Å². The van der Waals surface area contributed by atoms with Gasteiger partial charge in [-0.05, 0) is 38.5 Å². The van der Waals surface area contributed by atoms with E-state index in [0.717, 1.165) is 48.7 Å². The van der Waals surface area contributed by atoms with Crippen LogP contribution in [-0.4, -0.2) is 35.7 Å². The molecule has 0 aliphatic carbocycles. The second-order valence-corrected chi connectivity index (χ2v) is 7.56. The molecular formula is C21H27N5O2. The van der Waals surface area contributed by atoms with Gasteiger partial charge in [0.25, 0.3) is 5.56 Å². The van der Waals surface area contributed by atoms with Crippen molar-refractivity contribution in [3.05, 3.63) is 69.4 Å². The first-order valence-electron chi connectivity index (χ1n) is 9.75. The summed E-state index contributed by atoms with van der Waals surface area (Å²) in [5.74, 6) is 0. The van der Waals surface area contributed by atoms with Crippen LogP contribution in [0.25, 0.3) is 5.69 Å². The Kier molecular flexibility index (Phi) is 4.95. The Morgan fingerprint density at radius 2 is 1.96 bits per heavy atom. The molecule has 3 aromatic rings. The molecule has 7 heteroatoms. The predicted octanol–water partition coefficient (Wildman–Crippen LogP) is 2.14. The van der Waals surface area contributed by atoms with E-state index in [2.05, 4.69) is 10.00 Å². The lowest BCUT2D eigenvalue weighted by molar-refractivity contribution is 0.193. The number of fused-ring (bicyclic) bond motifs is 1. The SMILES string of the molecule is Cc1c(CN2CCCn3nc([C@H](C)O)cc3C2)c(=O)n(-c2ccccc2)n1C. The molecule has 2 aromatic heterocycles. The Bertz CT molecular complexity index is 1030. The van der Waals surface area contributed by atoms with E-state index < -0.39 is 6.10 Å². The van der Waals surface area contributed by atoms with E-state index in [9.17, 15) is 9.90 Å². The molecule has 0 saturated heterocycles. The topological polar surface area (TPSA) is 68.2 Å². The minimum Gasteiger partial charge on any atom is -0.387 e. The van der Waals surface area contributed by atoms with Crippen LogP contribution in [0.3, 0.4) is 0 Å². The second kappa shape index (κ2) is 7.41. The number of aryl methyl sites for hydroxylation is 1. The van der Waals surface area contributed by atoms with Gasteiger partial charge in [0, 0.05) is 38.9 Å². The zero-order valence-electron chi connectivity index (χ0n) is 16.7. The van der Waals surface area contributed by atoms with Crippen molar-refractivity contribution in [3.63, 3.8) is 0 Å². The highest BCUT2D eigenvalue weighted by Crippen LogP contribution is 2.20. The van der Waals surface area contributed by atoms with Gasteiger partial charge in [0.2, 0.25) is 0 Å². The van der Waals surface area contributed by atoms with E-state index in [1.165, 1.54) is 0 Å². The summed E-state index contributed by atoms with van der Waals surface area (Å²) in [7, 11) is 1.93. The third-order valence-electron chi connectivity index (χ3n) is 5.60. The maximum atomic E-state index is 13.2. The summed E-state index contributed by atoms with van der Waals surface area (Å²) in [6, 6.07) is 11.7. The summed E-state index contributed by atoms with van der Waals surface area (Å²) in [6.07, 6.45) is 0.398. The van der Waals surface area contributed by atoms with Gasteiger partial charge in [0.05, 0.1) is 28.7 Å². The van der Waals surface area contributed by atoms with Gasteiger partial charge in [-0.25, -0.2) is 4.68 Å². The first-order chi connectivity index (χ1) is 13.5. The maximum absolute atomic E-state index is 13.2. The molecular weight excluding hydrogens is 354 g/mol. The molecule has 1 N–H and O–H groups in total. The van der Waals surface area contributed by atoms with Crippen LogP contribution in [0.5, 0.6) is 0 Å². The highest BCUT2D eigenvalue weighted by atomic mass is 16.3. The molecule has 3 heterocycles. The Labute approximate surface area is 164 Å². The summed E-state index contributed by atoms with van der Waals surface area (Å²) >= 11 is 0. The highest BCUT2D eigenvalue weighted by molar-refractivity contribution is 5.33. The lowest BCUT2D eigenvalue weighted by atomic mass is 10.2. The van der Waals surface area contributed by atoms with Gasteiger partial charge in [0.15, 0.2) is 0 Å². The number of hydrogen-bond donors (Lipinski definition) is 1. The average molecular weight is 381 g/mol. The molecule has 0 unspecified atom stereocenters. The largest absolute Gasteiger partial charge is 0.387 e. The van der Waals surface area contributed by atoms with E-state index in [1.807, 2.05) is 59.7 Å². The number of hydrogen-bond acceptors (Lipinski definition) is 4. The maximum Gasteiger partial charge on any atom is 0.276 e. The third kappa shape index (κ3) is 3.31. The number of benzene rings is 1. The Morgan fingerprint density at radius 3 is 2.68 bits per heavy atom. The molecule has 7 nitrogen and oxygen atoms in total.